The van der Waals surface area contributed by atoms with Crippen LogP contribution in [0, 0.1) is 0 Å². The average molecular weight is 359 g/mol. The lowest BCUT2D eigenvalue weighted by Gasteiger charge is -2.47. The van der Waals surface area contributed by atoms with E-state index in [0.29, 0.717) is 0 Å². The molecule has 0 unspecified atom stereocenters. The fourth-order valence-corrected chi connectivity index (χ4v) is 4.41. The Labute approximate surface area is 155 Å². The molecule has 1 aromatic rings. The van der Waals surface area contributed by atoms with Gasteiger partial charge in [0, 0.05) is 17.1 Å². The van der Waals surface area contributed by atoms with Gasteiger partial charge in [0.2, 0.25) is 5.91 Å². The van der Waals surface area contributed by atoms with Crippen molar-refractivity contribution in [3.05, 3.63) is 35.9 Å². The van der Waals surface area contributed by atoms with Crippen LogP contribution in [0.5, 0.6) is 0 Å². The summed E-state index contributed by atoms with van der Waals surface area (Å²) in [5.41, 5.74) is 0.757. The smallest absolute Gasteiger partial charge is 0.251 e. The Bertz CT molecular complexity index is 656. The van der Waals surface area contributed by atoms with Gasteiger partial charge in [-0.25, -0.2) is 0 Å². The highest BCUT2D eigenvalue weighted by Crippen LogP contribution is 2.29. The second-order valence-corrected chi connectivity index (χ2v) is 8.69. The van der Waals surface area contributed by atoms with Crippen LogP contribution in [-0.4, -0.2) is 41.6 Å². The van der Waals surface area contributed by atoms with E-state index >= 15 is 0 Å². The summed E-state index contributed by atoms with van der Waals surface area (Å²) in [6.45, 7) is 8.51. The van der Waals surface area contributed by atoms with Crippen LogP contribution in [0.25, 0.3) is 0 Å². The number of ether oxygens (including phenoxy) is 1. The molecule has 2 fully saturated rings. The summed E-state index contributed by atoms with van der Waals surface area (Å²) < 4.78 is 5.62. The number of carbonyl (C=O) groups is 2. The van der Waals surface area contributed by atoms with E-state index in [1.807, 2.05) is 30.3 Å². The highest BCUT2D eigenvalue weighted by atomic mass is 16.5. The van der Waals surface area contributed by atoms with Crippen LogP contribution in [0.1, 0.15) is 52.1 Å². The Hall–Kier alpha value is -1.92. The largest absolute Gasteiger partial charge is 0.356 e. The summed E-state index contributed by atoms with van der Waals surface area (Å²) in [5, 5.41) is 9.67. The number of benzene rings is 1. The summed E-state index contributed by atoms with van der Waals surface area (Å²) in [6, 6.07) is 9.08. The molecule has 2 atom stereocenters. The molecule has 2 aliphatic heterocycles. The Kier molecular flexibility index (Phi) is 5.08. The number of amides is 2. The van der Waals surface area contributed by atoms with Crippen LogP contribution < -0.4 is 16.0 Å². The van der Waals surface area contributed by atoms with Gasteiger partial charge in [-0.2, -0.15) is 0 Å². The molecule has 142 valence electrons. The predicted molar refractivity (Wildman–Crippen MR) is 99.5 cm³/mol. The second-order valence-electron chi connectivity index (χ2n) is 8.69. The number of hydrogen-bond donors (Lipinski definition) is 3. The second kappa shape index (κ2) is 7.00. The quantitative estimate of drug-likeness (QED) is 0.767. The molecular formula is C20H29N3O3. The van der Waals surface area contributed by atoms with Crippen molar-refractivity contribution in [1.82, 2.24) is 16.0 Å². The van der Waals surface area contributed by atoms with Crippen LogP contribution in [0.15, 0.2) is 30.3 Å². The van der Waals surface area contributed by atoms with Gasteiger partial charge in [0.25, 0.3) is 5.91 Å². The van der Waals surface area contributed by atoms with Gasteiger partial charge < -0.3 is 20.7 Å². The first kappa shape index (κ1) is 18.9. The maximum atomic E-state index is 13.0. The lowest BCUT2D eigenvalue weighted by molar-refractivity contribution is -0.148. The average Bonchev–Trinajstić information content (AvgIpc) is 2.52. The molecule has 6 heteroatoms. The van der Waals surface area contributed by atoms with E-state index in [0.717, 1.165) is 18.4 Å². The number of hydrogen-bond acceptors (Lipinski definition) is 4. The van der Waals surface area contributed by atoms with Crippen LogP contribution in [0.2, 0.25) is 0 Å². The lowest BCUT2D eigenvalue weighted by Crippen LogP contribution is -2.63. The molecule has 6 nitrogen and oxygen atoms in total. The van der Waals surface area contributed by atoms with E-state index in [4.69, 9.17) is 4.74 Å². The van der Waals surface area contributed by atoms with Crippen molar-refractivity contribution in [2.45, 2.75) is 69.8 Å². The Morgan fingerprint density at radius 2 is 1.73 bits per heavy atom. The van der Waals surface area contributed by atoms with Crippen molar-refractivity contribution < 1.29 is 14.3 Å². The summed E-state index contributed by atoms with van der Waals surface area (Å²) in [6.07, 6.45) is 0.963. The molecule has 0 aliphatic carbocycles. The molecule has 2 aliphatic rings. The molecule has 0 spiro atoms. The van der Waals surface area contributed by atoms with Gasteiger partial charge in [0.15, 0.2) is 6.10 Å². The molecule has 0 radical (unpaired) electrons. The zero-order valence-electron chi connectivity index (χ0n) is 16.0. The van der Waals surface area contributed by atoms with E-state index in [-0.39, 0.29) is 35.5 Å². The summed E-state index contributed by atoms with van der Waals surface area (Å²) in [4.78, 5) is 24.8. The highest BCUT2D eigenvalue weighted by molar-refractivity contribution is 5.86. The van der Waals surface area contributed by atoms with E-state index in [9.17, 15) is 9.59 Å². The summed E-state index contributed by atoms with van der Waals surface area (Å²) >= 11 is 0. The van der Waals surface area contributed by atoms with Gasteiger partial charge in [-0.15, -0.1) is 0 Å². The summed E-state index contributed by atoms with van der Waals surface area (Å²) in [7, 11) is 0. The SMILES string of the molecule is CC1(C)CC(NC(=O)[C@H]2OCC(=O)N[C@@H]2c2ccccc2)CC(C)(C)N1. The van der Waals surface area contributed by atoms with Crippen molar-refractivity contribution in [1.29, 1.82) is 0 Å². The van der Waals surface area contributed by atoms with Crippen LogP contribution in [-0.2, 0) is 14.3 Å². The zero-order chi connectivity index (χ0) is 18.9. The maximum Gasteiger partial charge on any atom is 0.251 e. The topological polar surface area (TPSA) is 79.5 Å². The predicted octanol–water partition coefficient (Wildman–Crippen LogP) is 1.67. The molecule has 1 aromatic carbocycles. The van der Waals surface area contributed by atoms with Crippen LogP contribution in [0.3, 0.4) is 0 Å². The molecule has 3 rings (SSSR count). The lowest BCUT2D eigenvalue weighted by atomic mass is 9.79. The third kappa shape index (κ3) is 4.43. The number of rotatable bonds is 3. The molecule has 2 heterocycles. The van der Waals surface area contributed by atoms with Gasteiger partial charge in [-0.05, 0) is 46.1 Å². The first-order chi connectivity index (χ1) is 12.2. The Balaban J connectivity index is 1.74. The molecule has 0 bridgehead atoms. The van der Waals surface area contributed by atoms with Crippen molar-refractivity contribution in [2.75, 3.05) is 6.61 Å². The van der Waals surface area contributed by atoms with Crippen molar-refractivity contribution in [2.24, 2.45) is 0 Å². The number of nitrogens with one attached hydrogen (secondary N) is 3. The molecule has 2 amide bonds. The van der Waals surface area contributed by atoms with Crippen molar-refractivity contribution >= 4 is 11.8 Å². The molecule has 0 saturated carbocycles. The maximum absolute atomic E-state index is 13.0. The zero-order valence-corrected chi connectivity index (χ0v) is 16.0. The van der Waals surface area contributed by atoms with Gasteiger partial charge >= 0.3 is 0 Å². The van der Waals surface area contributed by atoms with Gasteiger partial charge in [0.1, 0.15) is 6.61 Å². The van der Waals surface area contributed by atoms with E-state index in [2.05, 4.69) is 43.6 Å². The number of carbonyl (C=O) groups excluding carboxylic acids is 2. The first-order valence-corrected chi connectivity index (χ1v) is 9.21. The molecule has 26 heavy (non-hydrogen) atoms. The Morgan fingerprint density at radius 1 is 1.12 bits per heavy atom. The van der Waals surface area contributed by atoms with E-state index < -0.39 is 12.1 Å². The number of morpholine rings is 1. The highest BCUT2D eigenvalue weighted by Gasteiger charge is 2.41. The minimum Gasteiger partial charge on any atom is -0.356 e. The normalized spacial score (nSPS) is 28.2. The summed E-state index contributed by atoms with van der Waals surface area (Å²) in [5.74, 6) is -0.371. The first-order valence-electron chi connectivity index (χ1n) is 9.21. The molecule has 3 N–H and O–H groups in total. The fourth-order valence-electron chi connectivity index (χ4n) is 4.41. The van der Waals surface area contributed by atoms with Gasteiger partial charge in [0.05, 0.1) is 6.04 Å². The fraction of sp³-hybridized carbons (Fsp3) is 0.600. The monoisotopic (exact) mass is 359 g/mol. The van der Waals surface area contributed by atoms with E-state index in [1.54, 1.807) is 0 Å². The van der Waals surface area contributed by atoms with Gasteiger partial charge in [-0.3, -0.25) is 9.59 Å². The van der Waals surface area contributed by atoms with Crippen LogP contribution >= 0.6 is 0 Å². The molecular weight excluding hydrogens is 330 g/mol. The molecule has 0 aromatic heterocycles. The minimum atomic E-state index is -0.726. The van der Waals surface area contributed by atoms with Crippen molar-refractivity contribution in [3.8, 4) is 0 Å². The van der Waals surface area contributed by atoms with E-state index in [1.165, 1.54) is 0 Å². The Morgan fingerprint density at radius 3 is 2.35 bits per heavy atom. The standard InChI is InChI=1S/C20H29N3O3/c1-19(2)10-14(11-20(3,4)23-19)21-18(25)17-16(22-15(24)12-26-17)13-8-6-5-7-9-13/h5-9,14,16-17,23H,10-12H2,1-4H3,(H,21,25)(H,22,24)/t16-,17+/m1/s1. The minimum absolute atomic E-state index is 0.0554. The van der Waals surface area contributed by atoms with Crippen LogP contribution in [0.4, 0.5) is 0 Å². The molecule has 2 saturated heterocycles. The third-order valence-corrected chi connectivity index (χ3v) is 4.97. The number of piperidine rings is 1. The third-order valence-electron chi connectivity index (χ3n) is 4.97. The van der Waals surface area contributed by atoms with Crippen molar-refractivity contribution in [3.63, 3.8) is 0 Å². The van der Waals surface area contributed by atoms with Gasteiger partial charge in [-0.1, -0.05) is 30.3 Å².